The molecule has 6 heteroatoms. The molecule has 0 N–H and O–H groups in total. The van der Waals surface area contributed by atoms with Gasteiger partial charge in [0, 0.05) is 6.42 Å². The number of nitrogens with zero attached hydrogens (tertiary/aromatic N) is 3. The van der Waals surface area contributed by atoms with Gasteiger partial charge in [-0.05, 0) is 48.2 Å². The van der Waals surface area contributed by atoms with Crippen LogP contribution in [0, 0.1) is 12.7 Å². The van der Waals surface area contributed by atoms with E-state index in [9.17, 15) is 9.18 Å². The number of aromatic nitrogens is 3. The zero-order chi connectivity index (χ0) is 20.2. The summed E-state index contributed by atoms with van der Waals surface area (Å²) in [6.07, 6.45) is 2.87. The smallest absolute Gasteiger partial charge is 0.191 e. The van der Waals surface area contributed by atoms with Gasteiger partial charge in [-0.25, -0.2) is 14.1 Å². The van der Waals surface area contributed by atoms with Crippen molar-refractivity contribution in [3.63, 3.8) is 0 Å². The van der Waals surface area contributed by atoms with E-state index in [4.69, 9.17) is 0 Å². The molecule has 4 rings (SSSR count). The monoisotopic (exact) mass is 405 g/mol. The van der Waals surface area contributed by atoms with Crippen molar-refractivity contribution in [2.24, 2.45) is 0 Å². The molecule has 0 saturated carbocycles. The van der Waals surface area contributed by atoms with E-state index in [1.54, 1.807) is 23.1 Å². The number of carbonyl (C=O) groups is 1. The Morgan fingerprint density at radius 3 is 2.59 bits per heavy atom. The number of ketones is 1. The standard InChI is InChI=1S/C23H20FN3OS/c1-16-13-21(29-22(16)20(28)12-9-17-5-3-2-4-6-17)23-25-15-27(26-23)14-18-7-10-19(24)11-8-18/h2-8,10-11,13,15H,9,12,14H2,1H3. The normalized spacial score (nSPS) is 11.0. The summed E-state index contributed by atoms with van der Waals surface area (Å²) in [4.78, 5) is 18.7. The molecule has 0 radical (unpaired) electrons. The van der Waals surface area contributed by atoms with Crippen LogP contribution in [-0.4, -0.2) is 20.5 Å². The highest BCUT2D eigenvalue weighted by Crippen LogP contribution is 2.30. The first-order chi connectivity index (χ1) is 14.1. The maximum atomic E-state index is 13.0. The van der Waals surface area contributed by atoms with Crippen LogP contribution in [0.5, 0.6) is 0 Å². The molecule has 29 heavy (non-hydrogen) atoms. The highest BCUT2D eigenvalue weighted by Gasteiger charge is 2.16. The van der Waals surface area contributed by atoms with Gasteiger partial charge in [0.15, 0.2) is 11.6 Å². The van der Waals surface area contributed by atoms with E-state index < -0.39 is 0 Å². The Morgan fingerprint density at radius 2 is 1.83 bits per heavy atom. The molecule has 0 aliphatic carbocycles. The molecule has 0 aliphatic heterocycles. The Labute approximate surface area is 172 Å². The van der Waals surface area contributed by atoms with E-state index in [1.807, 2.05) is 43.3 Å². The van der Waals surface area contributed by atoms with Gasteiger partial charge in [0.2, 0.25) is 0 Å². The first-order valence-corrected chi connectivity index (χ1v) is 10.2. The van der Waals surface area contributed by atoms with Crippen LogP contribution in [0.4, 0.5) is 4.39 Å². The lowest BCUT2D eigenvalue weighted by Gasteiger charge is -2.01. The van der Waals surface area contributed by atoms with Crippen molar-refractivity contribution in [2.75, 3.05) is 0 Å². The Kier molecular flexibility index (Phi) is 5.62. The van der Waals surface area contributed by atoms with Gasteiger partial charge in [-0.15, -0.1) is 16.4 Å². The third-order valence-electron chi connectivity index (χ3n) is 4.67. The zero-order valence-electron chi connectivity index (χ0n) is 16.0. The molecule has 0 atom stereocenters. The lowest BCUT2D eigenvalue weighted by Crippen LogP contribution is -2.00. The van der Waals surface area contributed by atoms with Gasteiger partial charge in [0.25, 0.3) is 0 Å². The second-order valence-electron chi connectivity index (χ2n) is 6.92. The lowest BCUT2D eigenvalue weighted by molar-refractivity contribution is 0.0986. The molecule has 2 heterocycles. The van der Waals surface area contributed by atoms with Gasteiger partial charge in [-0.3, -0.25) is 4.79 Å². The first-order valence-electron chi connectivity index (χ1n) is 9.40. The zero-order valence-corrected chi connectivity index (χ0v) is 16.8. The molecule has 0 bridgehead atoms. The lowest BCUT2D eigenvalue weighted by atomic mass is 10.1. The summed E-state index contributed by atoms with van der Waals surface area (Å²) < 4.78 is 14.8. The third-order valence-corrected chi connectivity index (χ3v) is 5.94. The fourth-order valence-corrected chi connectivity index (χ4v) is 4.22. The summed E-state index contributed by atoms with van der Waals surface area (Å²) in [6, 6.07) is 18.3. The van der Waals surface area contributed by atoms with E-state index in [0.29, 0.717) is 18.8 Å². The fraction of sp³-hybridized carbons (Fsp3) is 0.174. The molecule has 0 amide bonds. The number of Topliss-reactive ketones (excluding diaryl/α,β-unsaturated/α-hetero) is 1. The average molecular weight is 405 g/mol. The van der Waals surface area contributed by atoms with E-state index in [-0.39, 0.29) is 11.6 Å². The van der Waals surface area contributed by atoms with Crippen LogP contribution in [0.15, 0.2) is 67.0 Å². The Balaban J connectivity index is 1.45. The minimum Gasteiger partial charge on any atom is -0.293 e. The third kappa shape index (κ3) is 4.66. The molecule has 2 aromatic heterocycles. The average Bonchev–Trinajstić information content (AvgIpc) is 3.35. The first kappa shape index (κ1) is 19.2. The topological polar surface area (TPSA) is 47.8 Å². The van der Waals surface area contributed by atoms with Gasteiger partial charge in [-0.2, -0.15) is 0 Å². The van der Waals surface area contributed by atoms with E-state index >= 15 is 0 Å². The molecular weight excluding hydrogens is 385 g/mol. The van der Waals surface area contributed by atoms with Gasteiger partial charge < -0.3 is 0 Å². The van der Waals surface area contributed by atoms with Crippen LogP contribution in [0.1, 0.15) is 32.8 Å². The highest BCUT2D eigenvalue weighted by molar-refractivity contribution is 7.17. The second-order valence-corrected chi connectivity index (χ2v) is 7.98. The van der Waals surface area contributed by atoms with Crippen LogP contribution < -0.4 is 0 Å². The molecule has 4 nitrogen and oxygen atoms in total. The maximum absolute atomic E-state index is 13.0. The van der Waals surface area contributed by atoms with Crippen molar-refractivity contribution in [2.45, 2.75) is 26.3 Å². The van der Waals surface area contributed by atoms with Crippen molar-refractivity contribution in [1.82, 2.24) is 14.8 Å². The summed E-state index contributed by atoms with van der Waals surface area (Å²) in [7, 11) is 0. The van der Waals surface area contributed by atoms with Crippen molar-refractivity contribution >= 4 is 17.1 Å². The molecule has 0 saturated heterocycles. The largest absolute Gasteiger partial charge is 0.293 e. The second kappa shape index (κ2) is 8.49. The SMILES string of the molecule is Cc1cc(-c2ncn(Cc3ccc(F)cc3)n2)sc1C(=O)CCc1ccccc1. The molecule has 0 unspecified atom stereocenters. The number of rotatable bonds is 7. The van der Waals surface area contributed by atoms with Gasteiger partial charge in [-0.1, -0.05) is 42.5 Å². The molecule has 0 fully saturated rings. The van der Waals surface area contributed by atoms with Crippen molar-refractivity contribution in [3.8, 4) is 10.7 Å². The number of carbonyl (C=O) groups excluding carboxylic acids is 1. The summed E-state index contributed by atoms with van der Waals surface area (Å²) in [6.45, 7) is 2.46. The van der Waals surface area contributed by atoms with Crippen LogP contribution in [0.2, 0.25) is 0 Å². The van der Waals surface area contributed by atoms with Gasteiger partial charge in [0.05, 0.1) is 16.3 Å². The Bertz CT molecular complexity index is 1120. The minimum absolute atomic E-state index is 0.147. The van der Waals surface area contributed by atoms with Crippen LogP contribution in [0.3, 0.4) is 0 Å². The van der Waals surface area contributed by atoms with Gasteiger partial charge in [0.1, 0.15) is 12.1 Å². The van der Waals surface area contributed by atoms with Gasteiger partial charge >= 0.3 is 0 Å². The van der Waals surface area contributed by atoms with Crippen LogP contribution >= 0.6 is 11.3 Å². The quantitative estimate of drug-likeness (QED) is 0.391. The number of benzene rings is 2. The molecule has 0 aliphatic rings. The molecular formula is C23H20FN3OS. The van der Waals surface area contributed by atoms with Crippen LogP contribution in [-0.2, 0) is 13.0 Å². The molecule has 2 aromatic carbocycles. The van der Waals surface area contributed by atoms with E-state index in [1.165, 1.54) is 23.5 Å². The molecule has 146 valence electrons. The number of aryl methyl sites for hydroxylation is 2. The summed E-state index contributed by atoms with van der Waals surface area (Å²) in [5, 5.41) is 4.52. The van der Waals surface area contributed by atoms with Crippen LogP contribution in [0.25, 0.3) is 10.7 Å². The summed E-state index contributed by atoms with van der Waals surface area (Å²) >= 11 is 1.44. The van der Waals surface area contributed by atoms with E-state index in [2.05, 4.69) is 10.1 Å². The number of thiophene rings is 1. The maximum Gasteiger partial charge on any atom is 0.191 e. The molecule has 4 aromatic rings. The summed E-state index contributed by atoms with van der Waals surface area (Å²) in [5.41, 5.74) is 3.07. The molecule has 0 spiro atoms. The fourth-order valence-electron chi connectivity index (χ4n) is 3.15. The predicted molar refractivity (Wildman–Crippen MR) is 113 cm³/mol. The van der Waals surface area contributed by atoms with Crippen molar-refractivity contribution in [1.29, 1.82) is 0 Å². The Hall–Kier alpha value is -3.12. The van der Waals surface area contributed by atoms with E-state index in [0.717, 1.165) is 32.9 Å². The van der Waals surface area contributed by atoms with Crippen molar-refractivity contribution in [3.05, 3.63) is 94.4 Å². The van der Waals surface area contributed by atoms with Crippen molar-refractivity contribution < 1.29 is 9.18 Å². The number of halogens is 1. The summed E-state index contributed by atoms with van der Waals surface area (Å²) in [5.74, 6) is 0.488. The predicted octanol–water partition coefficient (Wildman–Crippen LogP) is 5.32. The number of hydrogen-bond acceptors (Lipinski definition) is 4. The number of hydrogen-bond donors (Lipinski definition) is 0. The Morgan fingerprint density at radius 1 is 1.07 bits per heavy atom. The minimum atomic E-state index is -0.258. The highest BCUT2D eigenvalue weighted by atomic mass is 32.1.